The Morgan fingerprint density at radius 3 is 2.60 bits per heavy atom. The summed E-state index contributed by atoms with van der Waals surface area (Å²) in [4.78, 5) is 28.5. The number of ether oxygens (including phenoxy) is 3. The van der Waals surface area contributed by atoms with E-state index in [1.165, 1.54) is 0 Å². The van der Waals surface area contributed by atoms with Crippen molar-refractivity contribution in [2.75, 3.05) is 27.3 Å². The van der Waals surface area contributed by atoms with Crippen molar-refractivity contribution in [3.8, 4) is 22.6 Å². The number of likely N-dealkylation sites (tertiary alicyclic amines) is 1. The van der Waals surface area contributed by atoms with Crippen LogP contribution in [0.1, 0.15) is 32.1 Å². The molecular weight excluding hydrogens is 466 g/mol. The second-order valence-electron chi connectivity index (χ2n) is 9.85. The van der Waals surface area contributed by atoms with E-state index in [2.05, 4.69) is 10.2 Å². The van der Waals surface area contributed by atoms with Gasteiger partial charge in [-0.25, -0.2) is 4.79 Å². The first-order valence-electron chi connectivity index (χ1n) is 11.6. The quantitative estimate of drug-likeness (QED) is 0.542. The van der Waals surface area contributed by atoms with Crippen LogP contribution < -0.4 is 20.3 Å². The van der Waals surface area contributed by atoms with Crippen molar-refractivity contribution in [2.24, 2.45) is 7.05 Å². The van der Waals surface area contributed by atoms with Crippen LogP contribution in [0.4, 0.5) is 4.79 Å². The summed E-state index contributed by atoms with van der Waals surface area (Å²) >= 11 is 1.64. The SMILES string of the molecule is COc1ccc(-c2cn(C)c(=O)c3cc(CN4CCC(NC(=O)OC(C)(C)C)C4)sc23)cc1OC. The Labute approximate surface area is 209 Å². The molecule has 1 aromatic carbocycles. The molecule has 1 aliphatic rings. The number of methoxy groups -OCH3 is 2. The van der Waals surface area contributed by atoms with Crippen molar-refractivity contribution in [3.05, 3.63) is 45.7 Å². The van der Waals surface area contributed by atoms with Gasteiger partial charge in [-0.1, -0.05) is 6.07 Å². The van der Waals surface area contributed by atoms with Gasteiger partial charge in [0.2, 0.25) is 0 Å². The Balaban J connectivity index is 1.56. The molecule has 9 heteroatoms. The molecule has 0 bridgehead atoms. The molecule has 1 N–H and O–H groups in total. The second-order valence-corrected chi connectivity index (χ2v) is 11.0. The minimum absolute atomic E-state index is 0.0161. The highest BCUT2D eigenvalue weighted by atomic mass is 32.1. The summed E-state index contributed by atoms with van der Waals surface area (Å²) in [7, 11) is 5.00. The summed E-state index contributed by atoms with van der Waals surface area (Å²) in [5, 5.41) is 3.68. The average molecular weight is 500 g/mol. The van der Waals surface area contributed by atoms with Crippen molar-refractivity contribution in [1.29, 1.82) is 0 Å². The fraction of sp³-hybridized carbons (Fsp3) is 0.462. The molecule has 3 heterocycles. The van der Waals surface area contributed by atoms with Crippen LogP contribution >= 0.6 is 11.3 Å². The zero-order valence-electron chi connectivity index (χ0n) is 21.1. The number of carbonyl (C=O) groups excluding carboxylic acids is 1. The lowest BCUT2D eigenvalue weighted by atomic mass is 10.1. The van der Waals surface area contributed by atoms with Crippen molar-refractivity contribution in [2.45, 2.75) is 45.4 Å². The average Bonchev–Trinajstić information content (AvgIpc) is 3.41. The van der Waals surface area contributed by atoms with Gasteiger partial charge in [0.15, 0.2) is 11.5 Å². The van der Waals surface area contributed by atoms with E-state index in [1.54, 1.807) is 37.2 Å². The zero-order valence-corrected chi connectivity index (χ0v) is 22.0. The molecule has 35 heavy (non-hydrogen) atoms. The number of pyridine rings is 1. The Kier molecular flexibility index (Phi) is 7.10. The Hall–Kier alpha value is -3.04. The Morgan fingerprint density at radius 2 is 1.91 bits per heavy atom. The maximum absolute atomic E-state index is 12.9. The molecule has 2 aromatic heterocycles. The summed E-state index contributed by atoms with van der Waals surface area (Å²) in [5.41, 5.74) is 1.40. The predicted molar refractivity (Wildman–Crippen MR) is 139 cm³/mol. The van der Waals surface area contributed by atoms with Gasteiger partial charge in [0.25, 0.3) is 5.56 Å². The van der Waals surface area contributed by atoms with E-state index >= 15 is 0 Å². The smallest absolute Gasteiger partial charge is 0.407 e. The topological polar surface area (TPSA) is 82.0 Å². The van der Waals surface area contributed by atoms with Gasteiger partial charge in [-0.2, -0.15) is 0 Å². The fourth-order valence-corrected chi connectivity index (χ4v) is 5.60. The molecule has 1 atom stereocenters. The van der Waals surface area contributed by atoms with Crippen LogP contribution in [0.3, 0.4) is 0 Å². The maximum Gasteiger partial charge on any atom is 0.407 e. The molecule has 3 aromatic rings. The van der Waals surface area contributed by atoms with Crippen LogP contribution in [0.2, 0.25) is 0 Å². The number of amides is 1. The lowest BCUT2D eigenvalue weighted by molar-refractivity contribution is 0.0505. The number of aryl methyl sites for hydroxylation is 1. The van der Waals surface area contributed by atoms with Gasteiger partial charge in [0.05, 0.1) is 19.6 Å². The molecular formula is C26H33N3O5S. The number of nitrogens with zero attached hydrogens (tertiary/aromatic N) is 2. The zero-order chi connectivity index (χ0) is 25.3. The third-order valence-corrected chi connectivity index (χ3v) is 7.12. The van der Waals surface area contributed by atoms with E-state index in [-0.39, 0.29) is 17.7 Å². The fourth-order valence-electron chi connectivity index (χ4n) is 4.38. The second kappa shape index (κ2) is 9.91. The first-order valence-corrected chi connectivity index (χ1v) is 12.5. The third-order valence-electron chi connectivity index (χ3n) is 5.97. The molecule has 188 valence electrons. The summed E-state index contributed by atoms with van der Waals surface area (Å²) in [5.74, 6) is 1.30. The van der Waals surface area contributed by atoms with E-state index in [0.29, 0.717) is 16.9 Å². The molecule has 1 unspecified atom stereocenters. The number of rotatable bonds is 6. The molecule has 1 aliphatic heterocycles. The number of aromatic nitrogens is 1. The number of hydrogen-bond donors (Lipinski definition) is 1. The summed E-state index contributed by atoms with van der Waals surface area (Å²) < 4.78 is 18.8. The molecule has 1 fully saturated rings. The Morgan fingerprint density at radius 1 is 1.17 bits per heavy atom. The van der Waals surface area contributed by atoms with E-state index in [0.717, 1.165) is 46.8 Å². The number of fused-ring (bicyclic) bond motifs is 1. The normalized spacial score (nSPS) is 16.5. The van der Waals surface area contributed by atoms with Crippen LogP contribution in [0.5, 0.6) is 11.5 Å². The minimum atomic E-state index is -0.517. The van der Waals surface area contributed by atoms with E-state index < -0.39 is 5.60 Å². The molecule has 1 amide bonds. The molecule has 1 saturated heterocycles. The highest BCUT2D eigenvalue weighted by Gasteiger charge is 2.27. The van der Waals surface area contributed by atoms with Crippen LogP contribution in [-0.4, -0.2) is 54.5 Å². The largest absolute Gasteiger partial charge is 0.493 e. The van der Waals surface area contributed by atoms with Gasteiger partial charge in [-0.3, -0.25) is 9.69 Å². The summed E-state index contributed by atoms with van der Waals surface area (Å²) in [6.45, 7) is 7.91. The maximum atomic E-state index is 12.9. The van der Waals surface area contributed by atoms with E-state index in [1.807, 2.05) is 51.2 Å². The number of carbonyl (C=O) groups is 1. The molecule has 0 radical (unpaired) electrons. The first-order chi connectivity index (χ1) is 16.6. The summed E-state index contributed by atoms with van der Waals surface area (Å²) in [6.07, 6.45) is 2.36. The lowest BCUT2D eigenvalue weighted by Gasteiger charge is -2.22. The van der Waals surface area contributed by atoms with Gasteiger partial charge in [-0.05, 0) is 51.0 Å². The van der Waals surface area contributed by atoms with Gasteiger partial charge in [-0.15, -0.1) is 11.3 Å². The lowest BCUT2D eigenvalue weighted by Crippen LogP contribution is -2.40. The highest BCUT2D eigenvalue weighted by molar-refractivity contribution is 7.19. The standard InChI is InChI=1S/C26H33N3O5S/c1-26(2,3)34-25(31)27-17-9-10-29(13-17)14-18-12-19-23(35-18)20(15-28(4)24(19)30)16-7-8-21(32-5)22(11-16)33-6/h7-8,11-12,15,17H,9-10,13-14H2,1-6H3,(H,27,31). The van der Waals surface area contributed by atoms with Crippen LogP contribution in [-0.2, 0) is 18.3 Å². The van der Waals surface area contributed by atoms with Gasteiger partial charge in [0, 0.05) is 54.1 Å². The van der Waals surface area contributed by atoms with Gasteiger partial charge in [0.1, 0.15) is 5.60 Å². The van der Waals surface area contributed by atoms with Crippen molar-refractivity contribution in [1.82, 2.24) is 14.8 Å². The van der Waals surface area contributed by atoms with Crippen molar-refractivity contribution < 1.29 is 19.0 Å². The predicted octanol–water partition coefficient (Wildman–Crippen LogP) is 4.38. The Bertz CT molecular complexity index is 1290. The number of benzene rings is 1. The summed E-state index contributed by atoms with van der Waals surface area (Å²) in [6, 6.07) is 7.84. The number of thiophene rings is 1. The minimum Gasteiger partial charge on any atom is -0.493 e. The van der Waals surface area contributed by atoms with Crippen LogP contribution in [0, 0.1) is 0 Å². The highest BCUT2D eigenvalue weighted by Crippen LogP contribution is 2.38. The van der Waals surface area contributed by atoms with Crippen LogP contribution in [0.25, 0.3) is 21.2 Å². The number of hydrogen-bond acceptors (Lipinski definition) is 7. The number of nitrogens with one attached hydrogen (secondary N) is 1. The molecule has 4 rings (SSSR count). The van der Waals surface area contributed by atoms with Crippen molar-refractivity contribution in [3.63, 3.8) is 0 Å². The van der Waals surface area contributed by atoms with Crippen molar-refractivity contribution >= 4 is 27.5 Å². The van der Waals surface area contributed by atoms with E-state index in [9.17, 15) is 9.59 Å². The molecule has 0 spiro atoms. The third kappa shape index (κ3) is 5.62. The van der Waals surface area contributed by atoms with Gasteiger partial charge < -0.3 is 24.1 Å². The number of alkyl carbamates (subject to hydrolysis) is 1. The molecule has 0 aliphatic carbocycles. The monoisotopic (exact) mass is 499 g/mol. The van der Waals surface area contributed by atoms with E-state index in [4.69, 9.17) is 14.2 Å². The molecule has 0 saturated carbocycles. The van der Waals surface area contributed by atoms with Gasteiger partial charge >= 0.3 is 6.09 Å². The first kappa shape index (κ1) is 25.1. The molecule has 8 nitrogen and oxygen atoms in total. The van der Waals surface area contributed by atoms with Crippen LogP contribution in [0.15, 0.2) is 35.3 Å².